The number of amides is 1. The fourth-order valence-corrected chi connectivity index (χ4v) is 7.96. The predicted molar refractivity (Wildman–Crippen MR) is 294 cm³/mol. The van der Waals surface area contributed by atoms with E-state index in [-0.39, 0.29) is 13.3 Å². The average molecular weight is 1060 g/mol. The van der Waals surface area contributed by atoms with Gasteiger partial charge in [-0.3, -0.25) is 19.6 Å². The Kier molecular flexibility index (Phi) is 17.2. The van der Waals surface area contributed by atoms with E-state index < -0.39 is 23.4 Å². The van der Waals surface area contributed by atoms with Gasteiger partial charge in [0.2, 0.25) is 10.3 Å². The number of rotatable bonds is 10. The summed E-state index contributed by atoms with van der Waals surface area (Å²) in [7, 11) is 0. The van der Waals surface area contributed by atoms with Gasteiger partial charge in [0.05, 0.1) is 35.2 Å². The summed E-state index contributed by atoms with van der Waals surface area (Å²) >= 11 is 2.47. The van der Waals surface area contributed by atoms with Gasteiger partial charge in [-0.2, -0.15) is 38.3 Å². The van der Waals surface area contributed by atoms with Crippen LogP contribution in [-0.4, -0.2) is 84.0 Å². The first-order valence-corrected chi connectivity index (χ1v) is 24.3. The molecule has 10 rings (SSSR count). The van der Waals surface area contributed by atoms with E-state index in [0.29, 0.717) is 62.1 Å². The summed E-state index contributed by atoms with van der Waals surface area (Å²) < 4.78 is 26.6. The summed E-state index contributed by atoms with van der Waals surface area (Å²) in [6, 6.07) is 32.6. The third kappa shape index (κ3) is 14.6. The zero-order valence-electron chi connectivity index (χ0n) is 41.2. The Bertz CT molecular complexity index is 3610. The van der Waals surface area contributed by atoms with Gasteiger partial charge in [-0.05, 0) is 126 Å². The first-order valence-electron chi connectivity index (χ1n) is 22.8. The van der Waals surface area contributed by atoms with Crippen molar-refractivity contribution in [2.24, 2.45) is 0 Å². The van der Waals surface area contributed by atoms with Gasteiger partial charge in [0.1, 0.15) is 17.0 Å². The molecule has 0 aliphatic heterocycles. The van der Waals surface area contributed by atoms with E-state index in [1.54, 1.807) is 61.2 Å². The zero-order chi connectivity index (χ0) is 53.1. The number of nitrogens with zero attached hydrogens (tertiary/aromatic N) is 10. The molecule has 6 aromatic heterocycles. The molecule has 0 saturated heterocycles. The van der Waals surface area contributed by atoms with Gasteiger partial charge in [-0.15, -0.1) is 0 Å². The Balaban J connectivity index is 0.000000191. The quantitative estimate of drug-likeness (QED) is 0.0732. The van der Waals surface area contributed by atoms with Crippen LogP contribution in [0.3, 0.4) is 0 Å². The van der Waals surface area contributed by atoms with E-state index in [2.05, 4.69) is 59.6 Å². The van der Waals surface area contributed by atoms with Gasteiger partial charge >= 0.3 is 12.2 Å². The molecule has 0 fully saturated rings. The Morgan fingerprint density at radius 1 is 0.605 bits per heavy atom. The summed E-state index contributed by atoms with van der Waals surface area (Å²) in [6.07, 6.45) is 8.40. The molecule has 0 aliphatic rings. The molecule has 23 heteroatoms. The third-order valence-electron chi connectivity index (χ3n) is 9.89. The average Bonchev–Trinajstić information content (AvgIpc) is 4.22. The van der Waals surface area contributed by atoms with Crippen molar-refractivity contribution in [2.45, 2.75) is 60.2 Å². The second kappa shape index (κ2) is 24.0. The van der Waals surface area contributed by atoms with Crippen molar-refractivity contribution in [2.75, 3.05) is 21.7 Å². The van der Waals surface area contributed by atoms with Crippen molar-refractivity contribution in [1.82, 2.24) is 48.2 Å². The van der Waals surface area contributed by atoms with Crippen LogP contribution in [0.5, 0.6) is 5.75 Å². The zero-order valence-corrected chi connectivity index (χ0v) is 42.8. The monoisotopic (exact) mass is 1060 g/mol. The molecule has 0 spiro atoms. The first-order chi connectivity index (χ1) is 36.0. The molecular formula is C53H52N14O7S2. The number of benzene rings is 4. The SMILES string of the molecule is C.CC(C)(C)OC(=O)n1ncc2cc(Nc3nc(-c4cccc(N)c4)ns3)ccc21.CC(C)(C)OC(=O)n1ncc2cc(Nc3nc(-c4cccc(NC(=O)c5cccnc5)c4)ns3)ccc21.O=COc1cccnc1. The maximum absolute atomic E-state index is 12.4. The van der Waals surface area contributed by atoms with Crippen LogP contribution < -0.4 is 26.4 Å². The summed E-state index contributed by atoms with van der Waals surface area (Å²) in [5, 5.41) is 20.5. The molecule has 0 atom stereocenters. The van der Waals surface area contributed by atoms with Crippen LogP contribution in [-0.2, 0) is 14.3 Å². The number of anilines is 6. The van der Waals surface area contributed by atoms with Gasteiger partial charge in [0.25, 0.3) is 12.4 Å². The fourth-order valence-electron chi connectivity index (χ4n) is 6.74. The number of carbonyl (C=O) groups excluding carboxylic acids is 4. The minimum atomic E-state index is -0.614. The molecule has 0 saturated carbocycles. The predicted octanol–water partition coefficient (Wildman–Crippen LogP) is 11.6. The number of nitrogens with two attached hydrogens (primary N) is 1. The summed E-state index contributed by atoms with van der Waals surface area (Å²) in [5.74, 6) is 1.36. The molecule has 0 aliphatic carbocycles. The highest BCUT2D eigenvalue weighted by molar-refractivity contribution is 7.10. The lowest BCUT2D eigenvalue weighted by Gasteiger charge is -2.19. The number of hydrogen-bond donors (Lipinski definition) is 4. The molecule has 4 aromatic carbocycles. The van der Waals surface area contributed by atoms with Crippen LogP contribution in [0.1, 0.15) is 59.3 Å². The van der Waals surface area contributed by atoms with Gasteiger partial charge in [0.15, 0.2) is 11.6 Å². The third-order valence-corrected chi connectivity index (χ3v) is 11.2. The van der Waals surface area contributed by atoms with Crippen LogP contribution >= 0.6 is 23.1 Å². The summed E-state index contributed by atoms with van der Waals surface area (Å²) in [6.45, 7) is 11.3. The van der Waals surface area contributed by atoms with Crippen LogP contribution in [0.25, 0.3) is 44.6 Å². The Morgan fingerprint density at radius 2 is 1.13 bits per heavy atom. The van der Waals surface area contributed by atoms with Crippen molar-refractivity contribution in [1.29, 1.82) is 0 Å². The Hall–Kier alpha value is -9.48. The highest BCUT2D eigenvalue weighted by atomic mass is 32.1. The lowest BCUT2D eigenvalue weighted by Crippen LogP contribution is -2.27. The van der Waals surface area contributed by atoms with Crippen LogP contribution in [0.4, 0.5) is 42.6 Å². The van der Waals surface area contributed by atoms with Crippen LogP contribution in [0, 0.1) is 0 Å². The van der Waals surface area contributed by atoms with Crippen molar-refractivity contribution in [3.05, 3.63) is 152 Å². The number of fused-ring (bicyclic) bond motifs is 2. The van der Waals surface area contributed by atoms with Gasteiger partial charge < -0.3 is 35.9 Å². The molecule has 388 valence electrons. The van der Waals surface area contributed by atoms with Gasteiger partial charge in [0, 0.05) is 86.3 Å². The van der Waals surface area contributed by atoms with Crippen molar-refractivity contribution in [3.63, 3.8) is 0 Å². The maximum atomic E-state index is 12.4. The number of carbonyl (C=O) groups is 4. The molecular weight excluding hydrogens is 1010 g/mol. The fraction of sp³-hybridized carbons (Fsp3) is 0.170. The summed E-state index contributed by atoms with van der Waals surface area (Å²) in [4.78, 5) is 63.7. The number of nitrogen functional groups attached to an aromatic ring is 1. The van der Waals surface area contributed by atoms with E-state index in [4.69, 9.17) is 15.2 Å². The maximum Gasteiger partial charge on any atom is 0.435 e. The Morgan fingerprint density at radius 3 is 1.62 bits per heavy atom. The smallest absolute Gasteiger partial charge is 0.435 e. The standard InChI is InChI=1S/C26H23N7O3S.C20H20N6O2S.C6H5NO2.CH4/c1-26(2,3)36-25(35)33-21-10-9-20(13-18(21)15-28-33)30-24-31-22(32-37-24)16-6-4-8-19(12-16)29-23(34)17-7-5-11-27-14-17;1-20(2,3)28-19(27)26-16-8-7-15(10-13(16)11-22-26)23-18-24-17(25-29-18)12-5-4-6-14(21)9-12;8-5-9-6-2-1-3-7-4-6;/h4-15H,1-3H3,(H,29,34)(H,30,31,32);4-11H,21H2,1-3H3,(H,23,24,25);1-5H;1H4. The van der Waals surface area contributed by atoms with Crippen molar-refractivity contribution >= 4 is 102 Å². The van der Waals surface area contributed by atoms with E-state index in [9.17, 15) is 19.2 Å². The minimum Gasteiger partial charge on any atom is -0.442 e. The molecule has 1 amide bonds. The lowest BCUT2D eigenvalue weighted by molar-refractivity contribution is -0.120. The lowest BCUT2D eigenvalue weighted by atomic mass is 10.2. The first kappa shape index (κ1) is 54.3. The largest absolute Gasteiger partial charge is 0.442 e. The molecule has 0 radical (unpaired) electrons. The van der Waals surface area contributed by atoms with Gasteiger partial charge in [-0.1, -0.05) is 31.7 Å². The molecule has 76 heavy (non-hydrogen) atoms. The summed E-state index contributed by atoms with van der Waals surface area (Å²) in [5.41, 5.74) is 10.9. The Labute approximate surface area is 444 Å². The number of nitrogens with one attached hydrogen (secondary N) is 3. The van der Waals surface area contributed by atoms with Crippen molar-refractivity contribution in [3.8, 4) is 28.5 Å². The number of pyridine rings is 2. The molecule has 0 unspecified atom stereocenters. The highest BCUT2D eigenvalue weighted by Gasteiger charge is 2.22. The molecule has 5 N–H and O–H groups in total. The van der Waals surface area contributed by atoms with Crippen LogP contribution in [0.15, 0.2) is 146 Å². The van der Waals surface area contributed by atoms with Crippen molar-refractivity contribution < 1.29 is 33.4 Å². The number of hydrogen-bond acceptors (Lipinski definition) is 20. The van der Waals surface area contributed by atoms with E-state index in [0.717, 1.165) is 33.3 Å². The van der Waals surface area contributed by atoms with E-state index in [1.807, 2.05) is 114 Å². The number of ether oxygens (including phenoxy) is 3. The van der Waals surface area contributed by atoms with E-state index in [1.165, 1.54) is 44.8 Å². The molecule has 0 bridgehead atoms. The minimum absolute atomic E-state index is 0. The second-order valence-electron chi connectivity index (χ2n) is 18.0. The topological polar surface area (TPSA) is 271 Å². The number of aromatic nitrogens is 10. The molecule has 10 aromatic rings. The normalized spacial score (nSPS) is 10.9. The second-order valence-corrected chi connectivity index (χ2v) is 19.5. The van der Waals surface area contributed by atoms with Gasteiger partial charge in [-0.25, -0.2) is 9.59 Å². The van der Waals surface area contributed by atoms with Crippen LogP contribution in [0.2, 0.25) is 0 Å². The molecule has 6 heterocycles. The van der Waals surface area contributed by atoms with E-state index >= 15 is 0 Å². The molecule has 21 nitrogen and oxygen atoms in total. The highest BCUT2D eigenvalue weighted by Crippen LogP contribution is 2.30.